The van der Waals surface area contributed by atoms with Gasteiger partial charge in [0.05, 0.1) is 22.5 Å². The molecule has 4 rings (SSSR count). The number of nitrogens with zero attached hydrogens (tertiary/aromatic N) is 6. The molecule has 28 heavy (non-hydrogen) atoms. The fourth-order valence-corrected chi connectivity index (χ4v) is 3.66. The summed E-state index contributed by atoms with van der Waals surface area (Å²) in [5, 5.41) is 4.00. The fourth-order valence-electron chi connectivity index (χ4n) is 3.66. The second-order valence-corrected chi connectivity index (χ2v) is 7.22. The summed E-state index contributed by atoms with van der Waals surface area (Å²) in [6, 6.07) is 1.99. The van der Waals surface area contributed by atoms with Crippen LogP contribution in [0.15, 0.2) is 29.3 Å². The minimum absolute atomic E-state index is 0.0124. The van der Waals surface area contributed by atoms with E-state index in [4.69, 9.17) is 4.52 Å². The molecule has 1 saturated heterocycles. The van der Waals surface area contributed by atoms with Crippen molar-refractivity contribution in [3.8, 4) is 11.3 Å². The molecule has 0 saturated carbocycles. The lowest BCUT2D eigenvalue weighted by Gasteiger charge is -2.16. The van der Waals surface area contributed by atoms with Crippen molar-refractivity contribution in [1.29, 1.82) is 0 Å². The summed E-state index contributed by atoms with van der Waals surface area (Å²) in [6.45, 7) is 7.03. The first-order valence-electron chi connectivity index (χ1n) is 9.33. The van der Waals surface area contributed by atoms with Gasteiger partial charge in [-0.25, -0.2) is 19.9 Å². The van der Waals surface area contributed by atoms with E-state index in [2.05, 4.69) is 25.1 Å². The number of amides is 1. The number of hydrogen-bond donors (Lipinski definition) is 0. The summed E-state index contributed by atoms with van der Waals surface area (Å²) < 4.78 is 5.25. The molecule has 0 radical (unpaired) electrons. The zero-order valence-electron chi connectivity index (χ0n) is 16.2. The van der Waals surface area contributed by atoms with Crippen LogP contribution in [0.4, 0.5) is 0 Å². The van der Waals surface area contributed by atoms with Gasteiger partial charge in [0.2, 0.25) is 0 Å². The molecule has 1 atom stereocenters. The maximum atomic E-state index is 12.6. The largest absolute Gasteiger partial charge is 0.361 e. The van der Waals surface area contributed by atoms with Crippen molar-refractivity contribution in [3.63, 3.8) is 0 Å². The monoisotopic (exact) mass is 378 g/mol. The van der Waals surface area contributed by atoms with E-state index in [9.17, 15) is 4.79 Å². The Balaban J connectivity index is 1.44. The predicted molar refractivity (Wildman–Crippen MR) is 101 cm³/mol. The Morgan fingerprint density at radius 3 is 2.68 bits per heavy atom. The van der Waals surface area contributed by atoms with Crippen LogP contribution in [-0.2, 0) is 6.42 Å². The van der Waals surface area contributed by atoms with Crippen molar-refractivity contribution in [3.05, 3.63) is 53.3 Å². The molecular formula is C20H22N6O2. The van der Waals surface area contributed by atoms with Gasteiger partial charge in [0, 0.05) is 31.2 Å². The van der Waals surface area contributed by atoms with Gasteiger partial charge >= 0.3 is 0 Å². The maximum Gasteiger partial charge on any atom is 0.256 e. The zero-order chi connectivity index (χ0) is 19.7. The van der Waals surface area contributed by atoms with Crippen molar-refractivity contribution in [2.45, 2.75) is 33.6 Å². The number of hydrogen-bond acceptors (Lipinski definition) is 7. The number of carbonyl (C=O) groups is 1. The Kier molecular flexibility index (Phi) is 4.85. The molecule has 1 unspecified atom stereocenters. The highest BCUT2D eigenvalue weighted by Gasteiger charge is 2.28. The summed E-state index contributed by atoms with van der Waals surface area (Å²) >= 11 is 0. The highest BCUT2D eigenvalue weighted by atomic mass is 16.5. The van der Waals surface area contributed by atoms with Crippen LogP contribution in [0, 0.1) is 26.7 Å². The maximum absolute atomic E-state index is 12.6. The molecule has 8 heteroatoms. The Hall–Kier alpha value is -3.16. The molecule has 8 nitrogen and oxygen atoms in total. The molecule has 0 aliphatic carbocycles. The van der Waals surface area contributed by atoms with Crippen LogP contribution in [0.3, 0.4) is 0 Å². The Morgan fingerprint density at radius 1 is 1.18 bits per heavy atom. The molecule has 1 aliphatic heterocycles. The van der Waals surface area contributed by atoms with E-state index in [1.54, 1.807) is 25.6 Å². The lowest BCUT2D eigenvalue weighted by Crippen LogP contribution is -2.29. The Morgan fingerprint density at radius 2 is 1.96 bits per heavy atom. The molecule has 1 fully saturated rings. The van der Waals surface area contributed by atoms with Gasteiger partial charge in [0.15, 0.2) is 0 Å². The van der Waals surface area contributed by atoms with Crippen LogP contribution in [-0.4, -0.2) is 49.0 Å². The molecule has 144 valence electrons. The van der Waals surface area contributed by atoms with Crippen LogP contribution in [0.1, 0.15) is 39.8 Å². The van der Waals surface area contributed by atoms with Gasteiger partial charge in [-0.3, -0.25) is 4.79 Å². The lowest BCUT2D eigenvalue weighted by atomic mass is 10.0. The second kappa shape index (κ2) is 7.46. The molecular weight excluding hydrogens is 356 g/mol. The van der Waals surface area contributed by atoms with Gasteiger partial charge in [0.1, 0.15) is 17.9 Å². The SMILES string of the molecule is Cc1ncc(C(=O)N2CCC(Cc3cc(-c4c(C)noc4C)ncn3)C2)cn1. The van der Waals surface area contributed by atoms with Gasteiger partial charge in [-0.1, -0.05) is 5.16 Å². The number of aromatic nitrogens is 5. The summed E-state index contributed by atoms with van der Waals surface area (Å²) in [5.74, 6) is 1.76. The van der Waals surface area contributed by atoms with E-state index in [0.717, 1.165) is 47.8 Å². The van der Waals surface area contributed by atoms with E-state index in [1.807, 2.05) is 24.8 Å². The van der Waals surface area contributed by atoms with E-state index in [0.29, 0.717) is 23.9 Å². The van der Waals surface area contributed by atoms with Crippen LogP contribution < -0.4 is 0 Å². The molecule has 0 aromatic carbocycles. The van der Waals surface area contributed by atoms with Crippen molar-refractivity contribution in [1.82, 2.24) is 30.0 Å². The third-order valence-electron chi connectivity index (χ3n) is 5.11. The number of carbonyl (C=O) groups excluding carboxylic acids is 1. The summed E-state index contributed by atoms with van der Waals surface area (Å²) in [5.41, 5.74) is 4.06. The Bertz CT molecular complexity index is 979. The van der Waals surface area contributed by atoms with Crippen molar-refractivity contribution < 1.29 is 9.32 Å². The molecule has 4 heterocycles. The topological polar surface area (TPSA) is 97.9 Å². The molecule has 1 aliphatic rings. The van der Waals surface area contributed by atoms with Crippen molar-refractivity contribution in [2.24, 2.45) is 5.92 Å². The fraction of sp³-hybridized carbons (Fsp3) is 0.400. The van der Waals surface area contributed by atoms with Crippen LogP contribution in [0.2, 0.25) is 0 Å². The minimum Gasteiger partial charge on any atom is -0.361 e. The molecule has 0 N–H and O–H groups in total. The molecule has 3 aromatic heterocycles. The number of aryl methyl sites for hydroxylation is 3. The molecule has 1 amide bonds. The van der Waals surface area contributed by atoms with Gasteiger partial charge in [-0.2, -0.15) is 0 Å². The van der Waals surface area contributed by atoms with Gasteiger partial charge < -0.3 is 9.42 Å². The average molecular weight is 378 g/mol. The van der Waals surface area contributed by atoms with E-state index in [-0.39, 0.29) is 5.91 Å². The number of likely N-dealkylation sites (tertiary alicyclic amines) is 1. The molecule has 0 bridgehead atoms. The first-order valence-corrected chi connectivity index (χ1v) is 9.33. The van der Waals surface area contributed by atoms with E-state index < -0.39 is 0 Å². The third kappa shape index (κ3) is 3.62. The van der Waals surface area contributed by atoms with Gasteiger partial charge in [-0.15, -0.1) is 0 Å². The van der Waals surface area contributed by atoms with Gasteiger partial charge in [-0.05, 0) is 45.6 Å². The van der Waals surface area contributed by atoms with Crippen molar-refractivity contribution in [2.75, 3.05) is 13.1 Å². The molecule has 3 aromatic rings. The second-order valence-electron chi connectivity index (χ2n) is 7.22. The van der Waals surface area contributed by atoms with Crippen molar-refractivity contribution >= 4 is 5.91 Å². The molecule has 0 spiro atoms. The Labute approximate surface area is 163 Å². The third-order valence-corrected chi connectivity index (χ3v) is 5.11. The number of rotatable bonds is 4. The first-order chi connectivity index (χ1) is 13.5. The first kappa shape index (κ1) is 18.2. The summed E-state index contributed by atoms with van der Waals surface area (Å²) in [7, 11) is 0. The predicted octanol–water partition coefficient (Wildman–Crippen LogP) is 2.55. The minimum atomic E-state index is -0.0124. The highest BCUT2D eigenvalue weighted by molar-refractivity contribution is 5.93. The average Bonchev–Trinajstić information content (AvgIpc) is 3.28. The quantitative estimate of drug-likeness (QED) is 0.688. The van der Waals surface area contributed by atoms with E-state index >= 15 is 0 Å². The summed E-state index contributed by atoms with van der Waals surface area (Å²) in [6.07, 6.45) is 6.52. The van der Waals surface area contributed by atoms with Crippen LogP contribution in [0.5, 0.6) is 0 Å². The normalized spacial score (nSPS) is 16.5. The smallest absolute Gasteiger partial charge is 0.256 e. The highest BCUT2D eigenvalue weighted by Crippen LogP contribution is 2.27. The van der Waals surface area contributed by atoms with Crippen LogP contribution in [0.25, 0.3) is 11.3 Å². The van der Waals surface area contributed by atoms with E-state index in [1.165, 1.54) is 0 Å². The standard InChI is InChI=1S/C20H22N6O2/c1-12-19(13(2)28-25-12)18-7-17(23-11-24-18)6-15-4-5-26(10-15)20(27)16-8-21-14(3)22-9-16/h7-9,11,15H,4-6,10H2,1-3H3. The van der Waals surface area contributed by atoms with Crippen LogP contribution >= 0.6 is 0 Å². The summed E-state index contributed by atoms with van der Waals surface area (Å²) in [4.78, 5) is 31.6. The zero-order valence-corrected chi connectivity index (χ0v) is 16.2. The lowest BCUT2D eigenvalue weighted by molar-refractivity contribution is 0.0786. The van der Waals surface area contributed by atoms with Gasteiger partial charge in [0.25, 0.3) is 5.91 Å².